The van der Waals surface area contributed by atoms with Crippen molar-refractivity contribution < 1.29 is 34.1 Å². The molecule has 3 atom stereocenters. The molecule has 0 saturated heterocycles. The first-order valence-corrected chi connectivity index (χ1v) is 14.7. The van der Waals surface area contributed by atoms with E-state index in [1.54, 1.807) is 84.9 Å². The van der Waals surface area contributed by atoms with E-state index >= 15 is 0 Å². The Morgan fingerprint density at radius 1 is 0.830 bits per heavy atom. The Morgan fingerprint density at radius 3 is 1.83 bits per heavy atom. The Balaban J connectivity index is 1.88. The summed E-state index contributed by atoms with van der Waals surface area (Å²) in [5.41, 5.74) is 12.5. The lowest BCUT2D eigenvalue weighted by molar-refractivity contribution is -0.640. The van der Waals surface area contributed by atoms with Crippen LogP contribution in [0.25, 0.3) is 0 Å². The van der Waals surface area contributed by atoms with Gasteiger partial charge in [-0.25, -0.2) is 19.7 Å². The van der Waals surface area contributed by atoms with Crippen LogP contribution in [0.2, 0.25) is 0 Å². The normalized spacial score (nSPS) is 12.4. The van der Waals surface area contributed by atoms with Gasteiger partial charge in [0.1, 0.15) is 18.7 Å². The Kier molecular flexibility index (Phi) is 13.7. The quantitative estimate of drug-likeness (QED) is 0.0468. The molecular formula is C32H37N7O8. The van der Waals surface area contributed by atoms with Crippen LogP contribution in [0.1, 0.15) is 29.5 Å². The fourth-order valence-electron chi connectivity index (χ4n) is 4.64. The number of nitrogens with zero attached hydrogens (tertiary/aromatic N) is 3. The summed E-state index contributed by atoms with van der Waals surface area (Å²) in [6.07, 6.45) is -1.48. The number of aliphatic imine (C=N–C) groups is 1. The SMILES string of the molecule is NC(N)=NCCC[C@@H](C(=O)O)N(C(=O)[C@@H](Cc1ccccc1)NC(=O)[C@H](Cc1ccccc1)NC(=O)OCc1ccccc1)[N+](=O)[O-]. The summed E-state index contributed by atoms with van der Waals surface area (Å²) in [5, 5.41) is 26.0. The van der Waals surface area contributed by atoms with Gasteiger partial charge in [0.15, 0.2) is 17.0 Å². The molecule has 3 aromatic rings. The van der Waals surface area contributed by atoms with E-state index < -0.39 is 47.0 Å². The molecular weight excluding hydrogens is 610 g/mol. The number of nitro groups is 1. The third-order valence-corrected chi connectivity index (χ3v) is 6.91. The zero-order valence-electron chi connectivity index (χ0n) is 25.4. The lowest BCUT2D eigenvalue weighted by atomic mass is 10.0. The van der Waals surface area contributed by atoms with Crippen LogP contribution in [0.4, 0.5) is 4.79 Å². The number of amides is 3. The van der Waals surface area contributed by atoms with Gasteiger partial charge in [-0.2, -0.15) is 0 Å². The number of benzene rings is 3. The Bertz CT molecular complexity index is 1520. The predicted octanol–water partition coefficient (Wildman–Crippen LogP) is 1.78. The van der Waals surface area contributed by atoms with E-state index in [9.17, 15) is 34.4 Å². The van der Waals surface area contributed by atoms with Crippen molar-refractivity contribution in [3.05, 3.63) is 118 Å². The summed E-state index contributed by atoms with van der Waals surface area (Å²) < 4.78 is 5.30. The Labute approximate surface area is 270 Å². The standard InChI is InChI=1S/C32H37N7O8/c33-31(34)35-18-10-17-27(30(42)43)38(39(45)46)29(41)26(20-23-13-6-2-7-14-23)36-28(40)25(19-22-11-4-1-5-12-22)37-32(44)47-21-24-15-8-3-9-16-24/h1-9,11-16,25-27H,10,17-21H2,(H,36,40)(H,37,44)(H,42,43)(H4,33,34,35)/t25-,26+,27-/m0/s1. The third kappa shape index (κ3) is 11.8. The summed E-state index contributed by atoms with van der Waals surface area (Å²) >= 11 is 0. The zero-order chi connectivity index (χ0) is 34.2. The van der Waals surface area contributed by atoms with Gasteiger partial charge in [-0.1, -0.05) is 91.0 Å². The molecule has 0 aliphatic carbocycles. The molecule has 0 aliphatic heterocycles. The number of hydrogen-bond acceptors (Lipinski definition) is 8. The molecule has 0 radical (unpaired) electrons. The zero-order valence-corrected chi connectivity index (χ0v) is 25.4. The first-order valence-electron chi connectivity index (χ1n) is 14.7. The second kappa shape index (κ2) is 18.1. The van der Waals surface area contributed by atoms with Gasteiger partial charge in [0.2, 0.25) is 5.91 Å². The maximum atomic E-state index is 13.8. The number of hydrazine groups is 1. The van der Waals surface area contributed by atoms with Crippen molar-refractivity contribution in [2.45, 2.75) is 50.4 Å². The minimum absolute atomic E-state index is 0.000504. The smallest absolute Gasteiger partial charge is 0.408 e. The summed E-state index contributed by atoms with van der Waals surface area (Å²) in [7, 11) is 0. The number of rotatable bonds is 17. The minimum Gasteiger partial charge on any atom is -0.480 e. The second-order valence-electron chi connectivity index (χ2n) is 10.4. The van der Waals surface area contributed by atoms with Crippen molar-refractivity contribution in [3.63, 3.8) is 0 Å². The maximum absolute atomic E-state index is 13.8. The fourth-order valence-corrected chi connectivity index (χ4v) is 4.64. The van der Waals surface area contributed by atoms with E-state index in [1.807, 2.05) is 6.07 Å². The molecule has 0 bridgehead atoms. The van der Waals surface area contributed by atoms with E-state index in [2.05, 4.69) is 15.6 Å². The molecule has 0 saturated carbocycles. The van der Waals surface area contributed by atoms with Crippen molar-refractivity contribution in [1.82, 2.24) is 15.6 Å². The number of hydrogen-bond donors (Lipinski definition) is 5. The number of alkyl carbamates (subject to hydrolysis) is 1. The van der Waals surface area contributed by atoms with Crippen LogP contribution in [0, 0.1) is 10.1 Å². The third-order valence-electron chi connectivity index (χ3n) is 6.91. The molecule has 7 N–H and O–H groups in total. The van der Waals surface area contributed by atoms with Gasteiger partial charge >= 0.3 is 18.0 Å². The topological polar surface area (TPSA) is 233 Å². The number of ether oxygens (including phenoxy) is 1. The van der Waals surface area contributed by atoms with E-state index in [0.29, 0.717) is 16.7 Å². The highest BCUT2D eigenvalue weighted by atomic mass is 16.7. The summed E-state index contributed by atoms with van der Waals surface area (Å²) in [6.45, 7) is -0.0950. The molecule has 0 aliphatic rings. The second-order valence-corrected chi connectivity index (χ2v) is 10.4. The van der Waals surface area contributed by atoms with E-state index in [1.165, 1.54) is 0 Å². The Morgan fingerprint density at radius 2 is 1.34 bits per heavy atom. The van der Waals surface area contributed by atoms with Crippen LogP contribution < -0.4 is 22.1 Å². The van der Waals surface area contributed by atoms with Crippen molar-refractivity contribution in [2.24, 2.45) is 16.5 Å². The summed E-state index contributed by atoms with van der Waals surface area (Å²) in [5.74, 6) is -3.99. The first kappa shape index (κ1) is 35.5. The molecule has 0 unspecified atom stereocenters. The molecule has 0 fully saturated rings. The van der Waals surface area contributed by atoms with Crippen LogP contribution in [-0.4, -0.2) is 69.7 Å². The number of nitrogens with two attached hydrogens (primary N) is 2. The molecule has 15 nitrogen and oxygen atoms in total. The molecule has 3 rings (SSSR count). The number of carbonyl (C=O) groups is 4. The molecule has 0 aromatic heterocycles. The van der Waals surface area contributed by atoms with Crippen molar-refractivity contribution in [3.8, 4) is 0 Å². The van der Waals surface area contributed by atoms with Crippen LogP contribution >= 0.6 is 0 Å². The van der Waals surface area contributed by atoms with Gasteiger partial charge in [-0.3, -0.25) is 14.6 Å². The first-order chi connectivity index (χ1) is 22.5. The summed E-state index contributed by atoms with van der Waals surface area (Å²) in [4.78, 5) is 68.4. The van der Waals surface area contributed by atoms with Gasteiger partial charge in [0.25, 0.3) is 0 Å². The van der Waals surface area contributed by atoms with Gasteiger partial charge in [-0.15, -0.1) is 0 Å². The van der Waals surface area contributed by atoms with E-state index in [-0.39, 0.29) is 49.8 Å². The van der Waals surface area contributed by atoms with Gasteiger partial charge < -0.3 is 31.9 Å². The fraction of sp³-hybridized carbons (Fsp3) is 0.281. The lowest BCUT2D eigenvalue weighted by Gasteiger charge is -2.26. The average molecular weight is 648 g/mol. The monoisotopic (exact) mass is 647 g/mol. The van der Waals surface area contributed by atoms with Gasteiger partial charge in [0, 0.05) is 19.4 Å². The van der Waals surface area contributed by atoms with Gasteiger partial charge in [0.05, 0.1) is 0 Å². The number of guanidine groups is 1. The molecule has 15 heteroatoms. The lowest BCUT2D eigenvalue weighted by Crippen LogP contribution is -2.59. The highest BCUT2D eigenvalue weighted by Crippen LogP contribution is 2.15. The number of nitrogens with one attached hydrogen (secondary N) is 2. The predicted molar refractivity (Wildman–Crippen MR) is 171 cm³/mol. The van der Waals surface area contributed by atoms with Crippen LogP contribution in [0.5, 0.6) is 0 Å². The van der Waals surface area contributed by atoms with Crippen LogP contribution in [0.3, 0.4) is 0 Å². The number of carboxylic acid groups (broad SMARTS) is 1. The summed E-state index contributed by atoms with van der Waals surface area (Å²) in [6, 6.07) is 21.2. The van der Waals surface area contributed by atoms with Gasteiger partial charge in [-0.05, 0) is 34.5 Å². The number of carbonyl (C=O) groups excluding carboxylic acids is 3. The number of aliphatic carboxylic acids is 1. The molecule has 3 aromatic carbocycles. The minimum atomic E-state index is -1.90. The van der Waals surface area contributed by atoms with Crippen molar-refractivity contribution in [2.75, 3.05) is 6.54 Å². The highest BCUT2D eigenvalue weighted by Gasteiger charge is 2.43. The largest absolute Gasteiger partial charge is 0.480 e. The molecule has 0 spiro atoms. The highest BCUT2D eigenvalue weighted by molar-refractivity contribution is 5.92. The molecule has 248 valence electrons. The van der Waals surface area contributed by atoms with Crippen molar-refractivity contribution in [1.29, 1.82) is 0 Å². The number of carboxylic acids is 1. The van der Waals surface area contributed by atoms with E-state index in [0.717, 1.165) is 0 Å². The Hall–Kier alpha value is -5.99. The van der Waals surface area contributed by atoms with Crippen molar-refractivity contribution >= 4 is 29.8 Å². The van der Waals surface area contributed by atoms with E-state index in [4.69, 9.17) is 16.2 Å². The molecule has 47 heavy (non-hydrogen) atoms. The van der Waals surface area contributed by atoms with Crippen LogP contribution in [-0.2, 0) is 38.6 Å². The molecule has 3 amide bonds. The van der Waals surface area contributed by atoms with Crippen LogP contribution in [0.15, 0.2) is 96.0 Å². The maximum Gasteiger partial charge on any atom is 0.408 e. The average Bonchev–Trinajstić information content (AvgIpc) is 3.05. The molecule has 0 heterocycles.